The molecule has 17 heavy (non-hydrogen) atoms. The maximum atomic E-state index is 12.0. The molecule has 2 N–H and O–H groups in total. The highest BCUT2D eigenvalue weighted by Gasteiger charge is 2.21. The monoisotopic (exact) mass is 233 g/mol. The molecule has 4 nitrogen and oxygen atoms in total. The van der Waals surface area contributed by atoms with E-state index in [4.69, 9.17) is 0 Å². The molecule has 92 valence electrons. The number of nitrogens with zero attached hydrogens (tertiary/aromatic N) is 1. The molecule has 0 spiro atoms. The van der Waals surface area contributed by atoms with Gasteiger partial charge >= 0.3 is 0 Å². The normalized spacial score (nSPS) is 21.8. The zero-order chi connectivity index (χ0) is 12.1. The zero-order valence-corrected chi connectivity index (χ0v) is 10.1. The smallest absolute Gasteiger partial charge is 0.237 e. The summed E-state index contributed by atoms with van der Waals surface area (Å²) < 4.78 is 0. The van der Waals surface area contributed by atoms with Gasteiger partial charge in [0.05, 0.1) is 12.1 Å². The first kappa shape index (κ1) is 12.0. The van der Waals surface area contributed by atoms with Crippen LogP contribution in [-0.2, 0) is 4.79 Å². The fourth-order valence-electron chi connectivity index (χ4n) is 2.11. The summed E-state index contributed by atoms with van der Waals surface area (Å²) in [6, 6.07) is 3.85. The fraction of sp³-hybridized carbons (Fsp3) is 0.538. The van der Waals surface area contributed by atoms with E-state index >= 15 is 0 Å². The third kappa shape index (κ3) is 3.27. The van der Waals surface area contributed by atoms with Crippen LogP contribution in [0.5, 0.6) is 0 Å². The molecule has 2 heterocycles. The van der Waals surface area contributed by atoms with Crippen LogP contribution in [0.1, 0.15) is 37.8 Å². The van der Waals surface area contributed by atoms with Crippen LogP contribution in [0.25, 0.3) is 0 Å². The van der Waals surface area contributed by atoms with Crippen LogP contribution >= 0.6 is 0 Å². The Morgan fingerprint density at radius 1 is 1.59 bits per heavy atom. The number of amides is 1. The quantitative estimate of drug-likeness (QED) is 0.829. The van der Waals surface area contributed by atoms with Crippen LogP contribution in [0.2, 0.25) is 0 Å². The number of hydrogen-bond donors (Lipinski definition) is 2. The Hall–Kier alpha value is -1.42. The Labute approximate surface area is 102 Å². The standard InChI is InChI=1S/C13H19N3O/c1-10(11-5-4-7-14-9-11)16-13(17)12-6-2-3-8-15-12/h4-5,7,9-10,12,15H,2-3,6,8H2,1H3,(H,16,17)/t10-,12+/m1/s1. The van der Waals surface area contributed by atoms with Gasteiger partial charge in [-0.25, -0.2) is 0 Å². The minimum Gasteiger partial charge on any atom is -0.348 e. The third-order valence-electron chi connectivity index (χ3n) is 3.17. The van der Waals surface area contributed by atoms with E-state index in [2.05, 4.69) is 15.6 Å². The molecule has 1 fully saturated rings. The molecule has 4 heteroatoms. The summed E-state index contributed by atoms with van der Waals surface area (Å²) in [5.74, 6) is 0.0982. The van der Waals surface area contributed by atoms with Gasteiger partial charge in [0.1, 0.15) is 0 Å². The summed E-state index contributed by atoms with van der Waals surface area (Å²) in [6.45, 7) is 2.93. The molecule has 1 aromatic heterocycles. The summed E-state index contributed by atoms with van der Waals surface area (Å²) in [7, 11) is 0. The first-order valence-corrected chi connectivity index (χ1v) is 6.21. The molecular formula is C13H19N3O. The lowest BCUT2D eigenvalue weighted by Crippen LogP contribution is -2.47. The van der Waals surface area contributed by atoms with Crippen LogP contribution in [0.15, 0.2) is 24.5 Å². The van der Waals surface area contributed by atoms with Gasteiger partial charge in [0.2, 0.25) is 5.91 Å². The van der Waals surface area contributed by atoms with Gasteiger partial charge in [-0.2, -0.15) is 0 Å². The van der Waals surface area contributed by atoms with Crippen molar-refractivity contribution in [2.45, 2.75) is 38.3 Å². The van der Waals surface area contributed by atoms with Gasteiger partial charge in [0.15, 0.2) is 0 Å². The first-order chi connectivity index (χ1) is 8.27. The van der Waals surface area contributed by atoms with Crippen LogP contribution in [-0.4, -0.2) is 23.5 Å². The largest absolute Gasteiger partial charge is 0.348 e. The van der Waals surface area contributed by atoms with Crippen molar-refractivity contribution in [2.75, 3.05) is 6.54 Å². The molecule has 0 bridgehead atoms. The summed E-state index contributed by atoms with van der Waals surface area (Å²) in [5, 5.41) is 6.27. The zero-order valence-electron chi connectivity index (χ0n) is 10.1. The second-order valence-corrected chi connectivity index (χ2v) is 4.52. The highest BCUT2D eigenvalue weighted by Crippen LogP contribution is 2.12. The molecule has 1 aromatic rings. The van der Waals surface area contributed by atoms with Crippen molar-refractivity contribution >= 4 is 5.91 Å². The molecule has 1 amide bonds. The molecule has 1 aliphatic rings. The second-order valence-electron chi connectivity index (χ2n) is 4.52. The van der Waals surface area contributed by atoms with E-state index in [1.165, 1.54) is 6.42 Å². The van der Waals surface area contributed by atoms with Crippen LogP contribution in [0.3, 0.4) is 0 Å². The van der Waals surface area contributed by atoms with Gasteiger partial charge in [-0.3, -0.25) is 9.78 Å². The second kappa shape index (κ2) is 5.77. The topological polar surface area (TPSA) is 54.0 Å². The first-order valence-electron chi connectivity index (χ1n) is 6.21. The van der Waals surface area contributed by atoms with E-state index in [9.17, 15) is 4.79 Å². The lowest BCUT2D eigenvalue weighted by Gasteiger charge is -2.24. The van der Waals surface area contributed by atoms with Crippen LogP contribution in [0.4, 0.5) is 0 Å². The van der Waals surface area contributed by atoms with Gasteiger partial charge in [-0.15, -0.1) is 0 Å². The summed E-state index contributed by atoms with van der Waals surface area (Å²) in [4.78, 5) is 16.0. The molecule has 0 saturated carbocycles. The lowest BCUT2D eigenvalue weighted by atomic mass is 10.0. The van der Waals surface area contributed by atoms with Crippen LogP contribution < -0.4 is 10.6 Å². The number of carbonyl (C=O) groups excluding carboxylic acids is 1. The number of aromatic nitrogens is 1. The van der Waals surface area contributed by atoms with Crippen molar-refractivity contribution < 1.29 is 4.79 Å². The Balaban J connectivity index is 1.89. The van der Waals surface area contributed by atoms with E-state index in [-0.39, 0.29) is 18.0 Å². The van der Waals surface area contributed by atoms with E-state index in [1.807, 2.05) is 19.1 Å². The molecule has 0 aromatic carbocycles. The molecule has 0 aliphatic carbocycles. The number of hydrogen-bond acceptors (Lipinski definition) is 3. The molecule has 2 atom stereocenters. The number of piperidine rings is 1. The van der Waals surface area contributed by atoms with E-state index in [1.54, 1.807) is 12.4 Å². The predicted molar refractivity (Wildman–Crippen MR) is 66.4 cm³/mol. The maximum absolute atomic E-state index is 12.0. The van der Waals surface area contributed by atoms with Crippen molar-refractivity contribution in [2.24, 2.45) is 0 Å². The number of carbonyl (C=O) groups is 1. The van der Waals surface area contributed by atoms with Gasteiger partial charge < -0.3 is 10.6 Å². The van der Waals surface area contributed by atoms with Crippen molar-refractivity contribution in [3.63, 3.8) is 0 Å². The molecule has 0 unspecified atom stereocenters. The van der Waals surface area contributed by atoms with Gasteiger partial charge in [0.25, 0.3) is 0 Å². The molecule has 1 saturated heterocycles. The fourth-order valence-corrected chi connectivity index (χ4v) is 2.11. The SMILES string of the molecule is C[C@@H](NC(=O)[C@@H]1CCCCN1)c1cccnc1. The number of pyridine rings is 1. The Morgan fingerprint density at radius 3 is 3.12 bits per heavy atom. The van der Waals surface area contributed by atoms with Gasteiger partial charge in [-0.05, 0) is 37.9 Å². The van der Waals surface area contributed by atoms with E-state index in [0.717, 1.165) is 24.9 Å². The van der Waals surface area contributed by atoms with E-state index in [0.29, 0.717) is 0 Å². The minimum atomic E-state index is -0.0251. The highest BCUT2D eigenvalue weighted by atomic mass is 16.2. The number of rotatable bonds is 3. The summed E-state index contributed by atoms with van der Waals surface area (Å²) in [5.41, 5.74) is 1.04. The summed E-state index contributed by atoms with van der Waals surface area (Å²) >= 11 is 0. The number of nitrogens with one attached hydrogen (secondary N) is 2. The Bertz CT molecular complexity index is 360. The van der Waals surface area contributed by atoms with Crippen LogP contribution in [0, 0.1) is 0 Å². The third-order valence-corrected chi connectivity index (χ3v) is 3.17. The van der Waals surface area contributed by atoms with Crippen molar-refractivity contribution in [1.82, 2.24) is 15.6 Å². The Kier molecular flexibility index (Phi) is 4.09. The van der Waals surface area contributed by atoms with Crippen molar-refractivity contribution in [3.05, 3.63) is 30.1 Å². The van der Waals surface area contributed by atoms with Gasteiger partial charge in [0, 0.05) is 12.4 Å². The molecular weight excluding hydrogens is 214 g/mol. The average molecular weight is 233 g/mol. The molecule has 2 rings (SSSR count). The molecule has 1 aliphatic heterocycles. The summed E-state index contributed by atoms with van der Waals surface area (Å²) in [6.07, 6.45) is 6.76. The highest BCUT2D eigenvalue weighted by molar-refractivity contribution is 5.82. The Morgan fingerprint density at radius 2 is 2.47 bits per heavy atom. The predicted octanol–water partition coefficient (Wildman–Crippen LogP) is 1.40. The van der Waals surface area contributed by atoms with Gasteiger partial charge in [-0.1, -0.05) is 12.5 Å². The lowest BCUT2D eigenvalue weighted by molar-refractivity contribution is -0.124. The van der Waals surface area contributed by atoms with Crippen molar-refractivity contribution in [3.8, 4) is 0 Å². The maximum Gasteiger partial charge on any atom is 0.237 e. The molecule has 0 radical (unpaired) electrons. The average Bonchev–Trinajstić information content (AvgIpc) is 2.40. The minimum absolute atomic E-state index is 0.0138. The van der Waals surface area contributed by atoms with E-state index < -0.39 is 0 Å². The van der Waals surface area contributed by atoms with Crippen molar-refractivity contribution in [1.29, 1.82) is 0 Å².